The molecule has 0 aliphatic heterocycles. The van der Waals surface area contributed by atoms with Gasteiger partial charge in [0, 0.05) is 11.1 Å². The second-order valence-electron chi connectivity index (χ2n) is 3.93. The van der Waals surface area contributed by atoms with Crippen LogP contribution in [0.1, 0.15) is 16.7 Å². The van der Waals surface area contributed by atoms with Crippen LogP contribution in [-0.4, -0.2) is 10.2 Å². The van der Waals surface area contributed by atoms with E-state index in [0.717, 1.165) is 11.3 Å². The fourth-order valence-corrected chi connectivity index (χ4v) is 1.77. The Morgan fingerprint density at radius 1 is 1.20 bits per heavy atom. The number of H-pyrrole nitrogens is 1. The first kappa shape index (κ1) is 9.77. The molecule has 0 atom stereocenters. The first-order valence-corrected chi connectivity index (χ1v) is 4.97. The van der Waals surface area contributed by atoms with Crippen LogP contribution < -0.4 is 5.73 Å². The number of anilines is 1. The Bertz CT molecular complexity index is 498. The van der Waals surface area contributed by atoms with Crippen molar-refractivity contribution in [1.82, 2.24) is 10.2 Å². The molecule has 1 aromatic carbocycles. The summed E-state index contributed by atoms with van der Waals surface area (Å²) in [6.07, 6.45) is 0. The molecule has 1 aromatic heterocycles. The second-order valence-corrected chi connectivity index (χ2v) is 3.93. The van der Waals surface area contributed by atoms with Gasteiger partial charge < -0.3 is 5.73 Å². The van der Waals surface area contributed by atoms with Gasteiger partial charge in [-0.2, -0.15) is 5.10 Å². The average Bonchev–Trinajstić information content (AvgIpc) is 2.49. The molecule has 0 radical (unpaired) electrons. The number of rotatable bonds is 1. The van der Waals surface area contributed by atoms with E-state index in [9.17, 15) is 0 Å². The number of hydrogen-bond donors (Lipinski definition) is 2. The lowest BCUT2D eigenvalue weighted by Crippen LogP contribution is -1.88. The van der Waals surface area contributed by atoms with E-state index in [2.05, 4.69) is 42.2 Å². The van der Waals surface area contributed by atoms with Crippen LogP contribution in [0.25, 0.3) is 11.3 Å². The van der Waals surface area contributed by atoms with Gasteiger partial charge in [0.1, 0.15) is 5.82 Å². The van der Waals surface area contributed by atoms with Gasteiger partial charge in [-0.1, -0.05) is 23.8 Å². The van der Waals surface area contributed by atoms with E-state index in [1.54, 1.807) is 0 Å². The lowest BCUT2D eigenvalue weighted by atomic mass is 10.0. The van der Waals surface area contributed by atoms with Gasteiger partial charge in [0.15, 0.2) is 0 Å². The fourth-order valence-electron chi connectivity index (χ4n) is 1.77. The zero-order valence-corrected chi connectivity index (χ0v) is 9.26. The Morgan fingerprint density at radius 2 is 1.93 bits per heavy atom. The fraction of sp³-hybridized carbons (Fsp3) is 0.250. The predicted octanol–water partition coefficient (Wildman–Crippen LogP) is 2.58. The largest absolute Gasteiger partial charge is 0.382 e. The molecule has 2 aromatic rings. The number of nitrogens with one attached hydrogen (secondary N) is 1. The molecule has 3 N–H and O–H groups in total. The summed E-state index contributed by atoms with van der Waals surface area (Å²) >= 11 is 0. The number of benzene rings is 1. The molecular weight excluding hydrogens is 186 g/mol. The molecule has 1 heterocycles. The molecule has 0 aliphatic carbocycles. The summed E-state index contributed by atoms with van der Waals surface area (Å²) in [6, 6.07) is 6.36. The number of nitrogens with zero attached hydrogens (tertiary/aromatic N) is 1. The Hall–Kier alpha value is -1.77. The molecule has 3 nitrogen and oxygen atoms in total. The Labute approximate surface area is 89.3 Å². The van der Waals surface area contributed by atoms with Crippen molar-refractivity contribution in [2.75, 3.05) is 5.73 Å². The molecule has 0 unspecified atom stereocenters. The number of nitrogen functional groups attached to an aromatic ring is 1. The lowest BCUT2D eigenvalue weighted by molar-refractivity contribution is 1.10. The van der Waals surface area contributed by atoms with Crippen molar-refractivity contribution in [1.29, 1.82) is 0 Å². The number of aryl methyl sites for hydroxylation is 2. The van der Waals surface area contributed by atoms with Gasteiger partial charge in [-0.05, 0) is 26.3 Å². The van der Waals surface area contributed by atoms with Crippen LogP contribution in [-0.2, 0) is 0 Å². The van der Waals surface area contributed by atoms with Gasteiger partial charge in [0.05, 0.1) is 5.69 Å². The van der Waals surface area contributed by atoms with Gasteiger partial charge in [-0.3, -0.25) is 5.10 Å². The highest BCUT2D eigenvalue weighted by Crippen LogP contribution is 2.27. The van der Waals surface area contributed by atoms with E-state index < -0.39 is 0 Å². The molecule has 0 bridgehead atoms. The van der Waals surface area contributed by atoms with E-state index in [1.165, 1.54) is 16.7 Å². The van der Waals surface area contributed by atoms with Gasteiger partial charge in [-0.25, -0.2) is 0 Å². The molecule has 0 saturated heterocycles. The molecule has 78 valence electrons. The molecule has 0 saturated carbocycles. The summed E-state index contributed by atoms with van der Waals surface area (Å²) in [6.45, 7) is 6.16. The van der Waals surface area contributed by atoms with Crippen molar-refractivity contribution >= 4 is 5.82 Å². The molecule has 15 heavy (non-hydrogen) atoms. The number of aromatic amines is 1. The number of nitrogens with two attached hydrogens (primary N) is 1. The van der Waals surface area contributed by atoms with E-state index in [0.29, 0.717) is 5.82 Å². The third-order valence-electron chi connectivity index (χ3n) is 2.70. The first-order valence-electron chi connectivity index (χ1n) is 4.97. The van der Waals surface area contributed by atoms with Crippen LogP contribution in [0, 0.1) is 20.8 Å². The Morgan fingerprint density at radius 3 is 2.47 bits per heavy atom. The van der Waals surface area contributed by atoms with Gasteiger partial charge in [0.2, 0.25) is 0 Å². The zero-order chi connectivity index (χ0) is 11.0. The maximum absolute atomic E-state index is 5.72. The summed E-state index contributed by atoms with van der Waals surface area (Å²) in [4.78, 5) is 0. The monoisotopic (exact) mass is 201 g/mol. The highest BCUT2D eigenvalue weighted by molar-refractivity contribution is 5.70. The highest BCUT2D eigenvalue weighted by atomic mass is 15.2. The summed E-state index contributed by atoms with van der Waals surface area (Å²) in [7, 11) is 0. The predicted molar refractivity (Wildman–Crippen MR) is 62.6 cm³/mol. The van der Waals surface area contributed by atoms with Crippen molar-refractivity contribution in [2.45, 2.75) is 20.8 Å². The van der Waals surface area contributed by atoms with Crippen molar-refractivity contribution in [3.8, 4) is 11.3 Å². The van der Waals surface area contributed by atoms with Gasteiger partial charge in [-0.15, -0.1) is 0 Å². The minimum atomic E-state index is 0.574. The smallest absolute Gasteiger partial charge is 0.148 e. The standard InChI is InChI=1S/C12H15N3/c1-7-4-5-10(8(2)6-7)11-9(3)12(13)15-14-11/h4-6H,1-3H3,(H3,13,14,15). The summed E-state index contributed by atoms with van der Waals surface area (Å²) in [5.41, 5.74) is 11.4. The third kappa shape index (κ3) is 1.61. The normalized spacial score (nSPS) is 10.6. The number of hydrogen-bond acceptors (Lipinski definition) is 2. The molecule has 2 rings (SSSR count). The SMILES string of the molecule is Cc1ccc(-c2[nH]nc(N)c2C)c(C)c1. The van der Waals surface area contributed by atoms with Gasteiger partial charge >= 0.3 is 0 Å². The minimum absolute atomic E-state index is 0.574. The minimum Gasteiger partial charge on any atom is -0.382 e. The first-order chi connectivity index (χ1) is 7.09. The van der Waals surface area contributed by atoms with E-state index in [-0.39, 0.29) is 0 Å². The molecule has 0 aliphatic rings. The van der Waals surface area contributed by atoms with Crippen LogP contribution >= 0.6 is 0 Å². The van der Waals surface area contributed by atoms with Crippen LogP contribution in [0.2, 0.25) is 0 Å². The Kier molecular flexibility index (Phi) is 2.23. The third-order valence-corrected chi connectivity index (χ3v) is 2.70. The maximum Gasteiger partial charge on any atom is 0.148 e. The van der Waals surface area contributed by atoms with Gasteiger partial charge in [0.25, 0.3) is 0 Å². The van der Waals surface area contributed by atoms with Crippen LogP contribution in [0.3, 0.4) is 0 Å². The lowest BCUT2D eigenvalue weighted by Gasteiger charge is -2.05. The second kappa shape index (κ2) is 3.42. The molecule has 3 heteroatoms. The quantitative estimate of drug-likeness (QED) is 0.745. The Balaban J connectivity index is 2.59. The topological polar surface area (TPSA) is 54.7 Å². The molecule has 0 amide bonds. The van der Waals surface area contributed by atoms with Crippen molar-refractivity contribution in [2.24, 2.45) is 0 Å². The van der Waals surface area contributed by atoms with E-state index in [4.69, 9.17) is 5.73 Å². The van der Waals surface area contributed by atoms with E-state index >= 15 is 0 Å². The van der Waals surface area contributed by atoms with Crippen molar-refractivity contribution in [3.05, 3.63) is 34.9 Å². The van der Waals surface area contributed by atoms with Crippen LogP contribution in [0.5, 0.6) is 0 Å². The summed E-state index contributed by atoms with van der Waals surface area (Å²) in [5.74, 6) is 0.574. The maximum atomic E-state index is 5.72. The van der Waals surface area contributed by atoms with Crippen molar-refractivity contribution < 1.29 is 0 Å². The number of aromatic nitrogens is 2. The molecule has 0 fully saturated rings. The van der Waals surface area contributed by atoms with Crippen molar-refractivity contribution in [3.63, 3.8) is 0 Å². The summed E-state index contributed by atoms with van der Waals surface area (Å²) < 4.78 is 0. The summed E-state index contributed by atoms with van der Waals surface area (Å²) in [5, 5.41) is 6.98. The average molecular weight is 201 g/mol. The zero-order valence-electron chi connectivity index (χ0n) is 9.26. The molecule has 0 spiro atoms. The highest BCUT2D eigenvalue weighted by Gasteiger charge is 2.09. The molecular formula is C12H15N3. The van der Waals surface area contributed by atoms with Crippen LogP contribution in [0.4, 0.5) is 5.82 Å². The van der Waals surface area contributed by atoms with Crippen LogP contribution in [0.15, 0.2) is 18.2 Å². The van der Waals surface area contributed by atoms with E-state index in [1.807, 2.05) is 6.92 Å².